The maximum absolute atomic E-state index is 3.73. The average molecular weight is 516 g/mol. The lowest BCUT2D eigenvalue weighted by Crippen LogP contribution is -2.16. The Bertz CT molecular complexity index is 1700. The molecular weight excluding hydrogens is 482 g/mol. The van der Waals surface area contributed by atoms with Crippen LogP contribution in [0.4, 0.5) is 17.1 Å². The van der Waals surface area contributed by atoms with Crippen LogP contribution < -0.4 is 4.90 Å². The number of hydrogen-bond donors (Lipinski definition) is 0. The van der Waals surface area contributed by atoms with Crippen molar-refractivity contribution in [2.24, 2.45) is 0 Å². The molecule has 40 heavy (non-hydrogen) atoms. The Morgan fingerprint density at radius 1 is 0.550 bits per heavy atom. The lowest BCUT2D eigenvalue weighted by molar-refractivity contribution is 0.660. The van der Waals surface area contributed by atoms with Gasteiger partial charge in [0.15, 0.2) is 0 Å². The van der Waals surface area contributed by atoms with E-state index in [0.717, 1.165) is 22.6 Å². The van der Waals surface area contributed by atoms with Gasteiger partial charge in [0, 0.05) is 22.5 Å². The lowest BCUT2D eigenvalue weighted by atomic mass is 9.82. The molecule has 0 radical (unpaired) electrons. The lowest BCUT2D eigenvalue weighted by Gasteiger charge is -2.28. The first-order valence-electron chi connectivity index (χ1n) is 13.8. The van der Waals surface area contributed by atoms with E-state index in [4.69, 9.17) is 0 Å². The molecule has 0 N–H and O–H groups in total. The molecule has 0 heterocycles. The summed E-state index contributed by atoms with van der Waals surface area (Å²) in [5.41, 5.74) is 12.4. The fourth-order valence-electron chi connectivity index (χ4n) is 5.76. The van der Waals surface area contributed by atoms with Gasteiger partial charge in [0.05, 0.1) is 0 Å². The van der Waals surface area contributed by atoms with E-state index in [1.807, 2.05) is 18.2 Å². The normalized spacial score (nSPS) is 13.3. The van der Waals surface area contributed by atoms with Gasteiger partial charge in [0.1, 0.15) is 0 Å². The maximum Gasteiger partial charge on any atom is 0.0465 e. The third-order valence-electron chi connectivity index (χ3n) is 7.86. The van der Waals surface area contributed by atoms with Gasteiger partial charge in [-0.1, -0.05) is 136 Å². The predicted molar refractivity (Wildman–Crippen MR) is 172 cm³/mol. The van der Waals surface area contributed by atoms with Crippen LogP contribution in [0.5, 0.6) is 0 Å². The molecule has 0 aromatic heterocycles. The van der Waals surface area contributed by atoms with Crippen LogP contribution in [0.25, 0.3) is 28.3 Å². The van der Waals surface area contributed by atoms with E-state index in [1.165, 1.54) is 33.4 Å². The number of rotatable bonds is 7. The average Bonchev–Trinajstić information content (AvgIpc) is 3.23. The monoisotopic (exact) mass is 515 g/mol. The Balaban J connectivity index is 1.43. The third-order valence-corrected chi connectivity index (χ3v) is 7.86. The Labute approximate surface area is 238 Å². The van der Waals surface area contributed by atoms with E-state index in [2.05, 4.69) is 153 Å². The minimum absolute atomic E-state index is 0.0572. The zero-order valence-electron chi connectivity index (χ0n) is 23.1. The molecular formula is C39H33N. The van der Waals surface area contributed by atoms with Crippen molar-refractivity contribution in [2.45, 2.75) is 19.3 Å². The molecule has 0 saturated heterocycles. The number of benzene rings is 5. The summed E-state index contributed by atoms with van der Waals surface area (Å²) in [6, 6.07) is 43.9. The van der Waals surface area contributed by atoms with Crippen molar-refractivity contribution in [1.29, 1.82) is 0 Å². The zero-order chi connectivity index (χ0) is 27.5. The number of allylic oxidation sites excluding steroid dienone is 4. The molecule has 0 fully saturated rings. The van der Waals surface area contributed by atoms with Crippen LogP contribution in [0.1, 0.15) is 30.5 Å². The van der Waals surface area contributed by atoms with E-state index in [1.54, 1.807) is 6.08 Å². The summed E-state index contributed by atoms with van der Waals surface area (Å²) >= 11 is 0. The molecule has 1 aliphatic carbocycles. The van der Waals surface area contributed by atoms with Crippen LogP contribution in [-0.2, 0) is 5.41 Å². The van der Waals surface area contributed by atoms with E-state index < -0.39 is 0 Å². The summed E-state index contributed by atoms with van der Waals surface area (Å²) in [7, 11) is 0. The third kappa shape index (κ3) is 4.72. The van der Waals surface area contributed by atoms with Gasteiger partial charge in [-0.3, -0.25) is 0 Å². The number of hydrogen-bond acceptors (Lipinski definition) is 1. The van der Waals surface area contributed by atoms with Crippen molar-refractivity contribution in [3.8, 4) is 22.3 Å². The second-order valence-corrected chi connectivity index (χ2v) is 10.7. The van der Waals surface area contributed by atoms with Gasteiger partial charge in [-0.2, -0.15) is 0 Å². The second kappa shape index (κ2) is 10.7. The Hall–Kier alpha value is -4.88. The largest absolute Gasteiger partial charge is 0.310 e. The SMILES string of the molecule is C=CC=CC=Cc1ccc(N(c2ccc(-c3ccccc3)cc2)c2ccc3c(c2)C(C)(C)c2ccccc2-3)cc1. The molecule has 1 aliphatic rings. The van der Waals surface area contributed by atoms with Crippen molar-refractivity contribution in [3.05, 3.63) is 169 Å². The van der Waals surface area contributed by atoms with Crippen molar-refractivity contribution < 1.29 is 0 Å². The number of anilines is 3. The summed E-state index contributed by atoms with van der Waals surface area (Å²) in [6.45, 7) is 8.40. The minimum Gasteiger partial charge on any atom is -0.310 e. The van der Waals surface area contributed by atoms with Gasteiger partial charge in [-0.15, -0.1) is 0 Å². The molecule has 194 valence electrons. The zero-order valence-corrected chi connectivity index (χ0v) is 23.1. The minimum atomic E-state index is -0.0572. The highest BCUT2D eigenvalue weighted by Gasteiger charge is 2.35. The summed E-state index contributed by atoms with van der Waals surface area (Å²) in [6.07, 6.45) is 9.85. The highest BCUT2D eigenvalue weighted by atomic mass is 15.1. The van der Waals surface area contributed by atoms with Crippen LogP contribution in [0.2, 0.25) is 0 Å². The standard InChI is InChI=1S/C39H33N/c1-4-5-6-8-13-29-18-22-32(23-19-29)40(33-24-20-31(21-25-33)30-14-9-7-10-15-30)34-26-27-36-35-16-11-12-17-37(35)39(2,3)38(36)28-34/h4-28H,1H2,2-3H3. The fraction of sp³-hybridized carbons (Fsp3) is 0.0769. The van der Waals surface area contributed by atoms with Gasteiger partial charge >= 0.3 is 0 Å². The summed E-state index contributed by atoms with van der Waals surface area (Å²) in [5, 5.41) is 0. The van der Waals surface area contributed by atoms with Gasteiger partial charge in [-0.25, -0.2) is 0 Å². The first-order valence-corrected chi connectivity index (χ1v) is 13.8. The first-order chi connectivity index (χ1) is 19.6. The van der Waals surface area contributed by atoms with Crippen molar-refractivity contribution in [1.82, 2.24) is 0 Å². The summed E-state index contributed by atoms with van der Waals surface area (Å²) < 4.78 is 0. The highest BCUT2D eigenvalue weighted by molar-refractivity contribution is 5.86. The summed E-state index contributed by atoms with van der Waals surface area (Å²) in [4.78, 5) is 2.36. The molecule has 0 aliphatic heterocycles. The van der Waals surface area contributed by atoms with Crippen LogP contribution in [0.3, 0.4) is 0 Å². The molecule has 0 atom stereocenters. The van der Waals surface area contributed by atoms with E-state index >= 15 is 0 Å². The van der Waals surface area contributed by atoms with Crippen molar-refractivity contribution >= 4 is 23.1 Å². The topological polar surface area (TPSA) is 3.24 Å². The Kier molecular flexibility index (Phi) is 6.80. The van der Waals surface area contributed by atoms with Gasteiger partial charge < -0.3 is 4.90 Å². The molecule has 0 spiro atoms. The van der Waals surface area contributed by atoms with Gasteiger partial charge in [-0.05, 0) is 75.3 Å². The van der Waals surface area contributed by atoms with Crippen LogP contribution in [-0.4, -0.2) is 0 Å². The molecule has 1 heteroatoms. The molecule has 6 rings (SSSR count). The predicted octanol–water partition coefficient (Wildman–Crippen LogP) is 10.9. The Morgan fingerprint density at radius 2 is 1.15 bits per heavy atom. The summed E-state index contributed by atoms with van der Waals surface area (Å²) in [5.74, 6) is 0. The van der Waals surface area contributed by atoms with Gasteiger partial charge in [0.25, 0.3) is 0 Å². The molecule has 5 aromatic rings. The van der Waals surface area contributed by atoms with Crippen LogP contribution >= 0.6 is 0 Å². The molecule has 0 saturated carbocycles. The molecule has 1 nitrogen and oxygen atoms in total. The second-order valence-electron chi connectivity index (χ2n) is 10.7. The van der Waals surface area contributed by atoms with Gasteiger partial charge in [0.2, 0.25) is 0 Å². The Morgan fingerprint density at radius 3 is 1.88 bits per heavy atom. The molecule has 0 unspecified atom stereocenters. The van der Waals surface area contributed by atoms with E-state index in [-0.39, 0.29) is 5.41 Å². The van der Waals surface area contributed by atoms with Crippen LogP contribution in [0, 0.1) is 0 Å². The van der Waals surface area contributed by atoms with Crippen LogP contribution in [0.15, 0.2) is 152 Å². The fourth-order valence-corrected chi connectivity index (χ4v) is 5.76. The highest BCUT2D eigenvalue weighted by Crippen LogP contribution is 2.50. The molecule has 0 bridgehead atoms. The number of nitrogens with zero attached hydrogens (tertiary/aromatic N) is 1. The quantitative estimate of drug-likeness (QED) is 0.195. The first kappa shape index (κ1) is 25.4. The van der Waals surface area contributed by atoms with E-state index in [9.17, 15) is 0 Å². The number of fused-ring (bicyclic) bond motifs is 3. The maximum atomic E-state index is 3.73. The molecule has 5 aromatic carbocycles. The van der Waals surface area contributed by atoms with E-state index in [0.29, 0.717) is 0 Å². The van der Waals surface area contributed by atoms with Crippen molar-refractivity contribution in [2.75, 3.05) is 4.90 Å². The molecule has 0 amide bonds. The smallest absolute Gasteiger partial charge is 0.0465 e. The van der Waals surface area contributed by atoms with Crippen molar-refractivity contribution in [3.63, 3.8) is 0 Å².